The highest BCUT2D eigenvalue weighted by atomic mass is 19.4. The van der Waals surface area contributed by atoms with Gasteiger partial charge in [0.1, 0.15) is 6.10 Å². The van der Waals surface area contributed by atoms with Crippen LogP contribution >= 0.6 is 0 Å². The van der Waals surface area contributed by atoms with Crippen LogP contribution in [0.15, 0.2) is 24.3 Å². The molecule has 0 unspecified atom stereocenters. The average Bonchev–Trinajstić information content (AvgIpc) is 2.39. The van der Waals surface area contributed by atoms with Crippen molar-refractivity contribution in [2.45, 2.75) is 38.1 Å². The first-order valence-electron chi connectivity index (χ1n) is 6.82. The summed E-state index contributed by atoms with van der Waals surface area (Å²) in [5.41, 5.74) is 0.156. The molecule has 2 atom stereocenters. The van der Waals surface area contributed by atoms with E-state index in [1.54, 1.807) is 0 Å². The number of halogens is 3. The molecule has 0 bridgehead atoms. The smallest absolute Gasteiger partial charge is 0.416 e. The molecule has 1 aliphatic heterocycles. The molecule has 0 N–H and O–H groups in total. The first-order valence-corrected chi connectivity index (χ1v) is 6.82. The number of likely N-dealkylation sites (tertiary alicyclic amines) is 1. The van der Waals surface area contributed by atoms with Gasteiger partial charge in [-0.1, -0.05) is 12.1 Å². The fourth-order valence-electron chi connectivity index (χ4n) is 2.68. The van der Waals surface area contributed by atoms with E-state index in [0.717, 1.165) is 30.7 Å². The van der Waals surface area contributed by atoms with Crippen LogP contribution in [0.3, 0.4) is 0 Å². The summed E-state index contributed by atoms with van der Waals surface area (Å²) in [4.78, 5) is 13.1. The van der Waals surface area contributed by atoms with E-state index < -0.39 is 11.7 Å². The van der Waals surface area contributed by atoms with E-state index in [9.17, 15) is 18.0 Å². The van der Waals surface area contributed by atoms with Crippen molar-refractivity contribution in [3.8, 4) is 0 Å². The SMILES string of the molecule is CC(=O)O[C@@H]1CCN(C)[C@H](c2ccc(C(F)(F)F)cc2)C1. The van der Waals surface area contributed by atoms with Crippen LogP contribution in [0.25, 0.3) is 0 Å². The van der Waals surface area contributed by atoms with E-state index in [0.29, 0.717) is 6.42 Å². The van der Waals surface area contributed by atoms with Crippen molar-refractivity contribution < 1.29 is 22.7 Å². The van der Waals surface area contributed by atoms with Gasteiger partial charge in [0.25, 0.3) is 0 Å². The van der Waals surface area contributed by atoms with E-state index in [-0.39, 0.29) is 18.1 Å². The Hall–Kier alpha value is -1.56. The molecule has 0 radical (unpaired) electrons. The second-order valence-electron chi connectivity index (χ2n) is 5.37. The Bertz CT molecular complexity index is 499. The normalized spacial score (nSPS) is 23.9. The van der Waals surface area contributed by atoms with Crippen LogP contribution in [0.4, 0.5) is 13.2 Å². The van der Waals surface area contributed by atoms with Crippen molar-refractivity contribution in [1.29, 1.82) is 0 Å². The van der Waals surface area contributed by atoms with Gasteiger partial charge in [-0.15, -0.1) is 0 Å². The maximum absolute atomic E-state index is 12.6. The fourth-order valence-corrected chi connectivity index (χ4v) is 2.68. The number of rotatable bonds is 2. The number of carbonyl (C=O) groups excluding carboxylic acids is 1. The number of alkyl halides is 3. The van der Waals surface area contributed by atoms with Crippen LogP contribution < -0.4 is 0 Å². The fraction of sp³-hybridized carbons (Fsp3) is 0.533. The lowest BCUT2D eigenvalue weighted by molar-refractivity contribution is -0.149. The third-order valence-electron chi connectivity index (χ3n) is 3.78. The van der Waals surface area contributed by atoms with E-state index in [4.69, 9.17) is 4.74 Å². The highest BCUT2D eigenvalue weighted by Gasteiger charge is 2.32. The minimum absolute atomic E-state index is 0.0367. The first-order chi connectivity index (χ1) is 9.77. The van der Waals surface area contributed by atoms with Crippen LogP contribution in [-0.2, 0) is 15.7 Å². The molecule has 1 heterocycles. The lowest BCUT2D eigenvalue weighted by Crippen LogP contribution is -2.37. The van der Waals surface area contributed by atoms with Crippen molar-refractivity contribution >= 4 is 5.97 Å². The van der Waals surface area contributed by atoms with E-state index in [1.807, 2.05) is 7.05 Å². The summed E-state index contributed by atoms with van der Waals surface area (Å²) in [5.74, 6) is -0.323. The average molecular weight is 301 g/mol. The third-order valence-corrected chi connectivity index (χ3v) is 3.78. The minimum atomic E-state index is -4.32. The Morgan fingerprint density at radius 1 is 1.29 bits per heavy atom. The highest BCUT2D eigenvalue weighted by molar-refractivity contribution is 5.66. The predicted molar refractivity (Wildman–Crippen MR) is 71.6 cm³/mol. The van der Waals surface area contributed by atoms with Gasteiger partial charge in [0, 0.05) is 25.9 Å². The number of hydrogen-bond donors (Lipinski definition) is 0. The van der Waals surface area contributed by atoms with Crippen molar-refractivity contribution in [3.63, 3.8) is 0 Å². The van der Waals surface area contributed by atoms with Crippen LogP contribution in [0, 0.1) is 0 Å². The van der Waals surface area contributed by atoms with Crippen LogP contribution in [0.5, 0.6) is 0 Å². The van der Waals surface area contributed by atoms with Gasteiger partial charge in [0.2, 0.25) is 0 Å². The highest BCUT2D eigenvalue weighted by Crippen LogP contribution is 2.34. The first kappa shape index (κ1) is 15.8. The van der Waals surface area contributed by atoms with Gasteiger partial charge in [-0.3, -0.25) is 9.69 Å². The second kappa shape index (κ2) is 6.05. The van der Waals surface area contributed by atoms with E-state index >= 15 is 0 Å². The topological polar surface area (TPSA) is 29.5 Å². The van der Waals surface area contributed by atoms with Crippen LogP contribution in [-0.4, -0.2) is 30.6 Å². The molecule has 6 heteroatoms. The quantitative estimate of drug-likeness (QED) is 0.784. The zero-order valence-electron chi connectivity index (χ0n) is 12.0. The summed E-state index contributed by atoms with van der Waals surface area (Å²) in [6.07, 6.45) is -3.16. The molecule has 0 spiro atoms. The van der Waals surface area contributed by atoms with Crippen molar-refractivity contribution in [2.75, 3.05) is 13.6 Å². The third kappa shape index (κ3) is 3.97. The van der Waals surface area contributed by atoms with Crippen molar-refractivity contribution in [3.05, 3.63) is 35.4 Å². The van der Waals surface area contributed by atoms with Crippen LogP contribution in [0.2, 0.25) is 0 Å². The largest absolute Gasteiger partial charge is 0.462 e. The molecule has 116 valence electrons. The van der Waals surface area contributed by atoms with Gasteiger partial charge in [-0.2, -0.15) is 13.2 Å². The zero-order chi connectivity index (χ0) is 15.6. The molecule has 3 nitrogen and oxygen atoms in total. The molecular weight excluding hydrogens is 283 g/mol. The predicted octanol–water partition coefficient (Wildman–Crippen LogP) is 3.40. The monoisotopic (exact) mass is 301 g/mol. The Kier molecular flexibility index (Phi) is 4.56. The van der Waals surface area contributed by atoms with Gasteiger partial charge < -0.3 is 4.74 Å². The molecule has 1 aliphatic rings. The van der Waals surface area contributed by atoms with Crippen LogP contribution in [0.1, 0.15) is 36.9 Å². The number of benzene rings is 1. The summed E-state index contributed by atoms with van der Waals surface area (Å²) in [5, 5.41) is 0. The number of carbonyl (C=O) groups is 1. The number of nitrogens with zero attached hydrogens (tertiary/aromatic N) is 1. The van der Waals surface area contributed by atoms with Gasteiger partial charge in [0.15, 0.2) is 0 Å². The summed E-state index contributed by atoms with van der Waals surface area (Å²) in [6, 6.07) is 5.16. The molecule has 1 aromatic rings. The molecule has 2 rings (SSSR count). The van der Waals surface area contributed by atoms with Crippen molar-refractivity contribution in [2.24, 2.45) is 0 Å². The molecular formula is C15H18F3NO2. The second-order valence-corrected chi connectivity index (χ2v) is 5.37. The van der Waals surface area contributed by atoms with Gasteiger partial charge in [0.05, 0.1) is 5.56 Å². The molecule has 21 heavy (non-hydrogen) atoms. The molecule has 1 saturated heterocycles. The lowest BCUT2D eigenvalue weighted by atomic mass is 9.93. The number of ether oxygens (including phenoxy) is 1. The molecule has 0 aliphatic carbocycles. The van der Waals surface area contributed by atoms with Crippen molar-refractivity contribution in [1.82, 2.24) is 4.90 Å². The lowest BCUT2D eigenvalue weighted by Gasteiger charge is -2.37. The zero-order valence-corrected chi connectivity index (χ0v) is 12.0. The maximum atomic E-state index is 12.6. The Morgan fingerprint density at radius 3 is 2.43 bits per heavy atom. The van der Waals surface area contributed by atoms with E-state index in [1.165, 1.54) is 19.1 Å². The summed E-state index contributed by atoms with van der Waals surface area (Å²) < 4.78 is 43.0. The summed E-state index contributed by atoms with van der Waals surface area (Å²) >= 11 is 0. The molecule has 0 aromatic heterocycles. The molecule has 0 saturated carbocycles. The summed E-state index contributed by atoms with van der Waals surface area (Å²) in [7, 11) is 1.92. The number of piperidine rings is 1. The summed E-state index contributed by atoms with van der Waals surface area (Å²) in [6.45, 7) is 2.11. The molecule has 1 aromatic carbocycles. The Balaban J connectivity index is 2.13. The van der Waals surface area contributed by atoms with Gasteiger partial charge in [-0.05, 0) is 31.2 Å². The Labute approximate surface area is 121 Å². The maximum Gasteiger partial charge on any atom is 0.416 e. The van der Waals surface area contributed by atoms with Gasteiger partial charge in [-0.25, -0.2) is 0 Å². The molecule has 0 amide bonds. The number of esters is 1. The van der Waals surface area contributed by atoms with E-state index in [2.05, 4.69) is 4.90 Å². The number of hydrogen-bond acceptors (Lipinski definition) is 3. The molecule has 1 fully saturated rings. The van der Waals surface area contributed by atoms with Gasteiger partial charge >= 0.3 is 12.1 Å². The standard InChI is InChI=1S/C15H18F3NO2/c1-10(20)21-13-7-8-19(2)14(9-13)11-3-5-12(6-4-11)15(16,17)18/h3-6,13-14H,7-9H2,1-2H3/t13-,14+/m1/s1. The minimum Gasteiger partial charge on any atom is -0.462 e. The Morgan fingerprint density at radius 2 is 1.90 bits per heavy atom.